The zero-order valence-corrected chi connectivity index (χ0v) is 14.0. The molecule has 0 aliphatic heterocycles. The normalized spacial score (nSPS) is 12.1. The van der Waals surface area contributed by atoms with E-state index < -0.39 is 24.2 Å². The Hall–Kier alpha value is -2.84. The summed E-state index contributed by atoms with van der Waals surface area (Å²) in [5.74, 6) is -2.12. The fraction of sp³-hybridized carbons (Fsp3) is 0.312. The molecule has 0 fully saturated rings. The highest BCUT2D eigenvalue weighted by Crippen LogP contribution is 2.16. The van der Waals surface area contributed by atoms with E-state index in [1.54, 1.807) is 19.1 Å². The van der Waals surface area contributed by atoms with E-state index in [1.807, 2.05) is 0 Å². The van der Waals surface area contributed by atoms with Gasteiger partial charge < -0.3 is 14.8 Å². The highest BCUT2D eigenvalue weighted by atomic mass is 19.3. The molecule has 1 amide bonds. The molecule has 0 bridgehead atoms. The van der Waals surface area contributed by atoms with Crippen LogP contribution in [-0.4, -0.2) is 30.8 Å². The standard InChI is InChI=1S/C16H18F3N3O3/c1-9(7-21-15(11(3)17)25-16(18)19)14(23)20-8-12-13(24-4)6-5-10(2)22-12/h5-7,16H,1,8H2,2-4H3,(H,20,23)/b15-11-,21-7-. The third-order valence-electron chi connectivity index (χ3n) is 2.83. The predicted octanol–water partition coefficient (Wildman–Crippen LogP) is 3.04. The number of nitrogens with one attached hydrogen (secondary N) is 1. The number of carbonyl (C=O) groups is 1. The van der Waals surface area contributed by atoms with Gasteiger partial charge in [0.15, 0.2) is 5.83 Å². The average molecular weight is 357 g/mol. The number of rotatable bonds is 8. The molecular formula is C16H18F3N3O3. The number of ether oxygens (including phenoxy) is 2. The number of carbonyl (C=O) groups excluding carboxylic acids is 1. The van der Waals surface area contributed by atoms with E-state index in [2.05, 4.69) is 26.6 Å². The number of nitrogens with zero attached hydrogens (tertiary/aromatic N) is 2. The van der Waals surface area contributed by atoms with Gasteiger partial charge in [-0.15, -0.1) is 0 Å². The number of aromatic nitrogens is 1. The Labute approximate surface area is 143 Å². The summed E-state index contributed by atoms with van der Waals surface area (Å²) in [7, 11) is 1.47. The van der Waals surface area contributed by atoms with Crippen molar-refractivity contribution in [2.45, 2.75) is 27.0 Å². The number of hydrogen-bond acceptors (Lipinski definition) is 5. The molecule has 0 aliphatic rings. The van der Waals surface area contributed by atoms with Gasteiger partial charge in [-0.25, -0.2) is 9.38 Å². The average Bonchev–Trinajstić information content (AvgIpc) is 2.55. The maximum absolute atomic E-state index is 13.0. The highest BCUT2D eigenvalue weighted by molar-refractivity contribution is 6.11. The lowest BCUT2D eigenvalue weighted by Crippen LogP contribution is -2.25. The number of methoxy groups -OCH3 is 1. The van der Waals surface area contributed by atoms with Crippen LogP contribution < -0.4 is 10.1 Å². The van der Waals surface area contributed by atoms with E-state index in [0.29, 0.717) is 11.4 Å². The molecule has 0 aromatic carbocycles. The van der Waals surface area contributed by atoms with Gasteiger partial charge in [-0.1, -0.05) is 6.58 Å². The summed E-state index contributed by atoms with van der Waals surface area (Å²) in [6, 6.07) is 3.47. The zero-order chi connectivity index (χ0) is 19.0. The first-order chi connectivity index (χ1) is 11.7. The molecule has 136 valence electrons. The first kappa shape index (κ1) is 20.2. The van der Waals surface area contributed by atoms with Crippen LogP contribution in [-0.2, 0) is 16.1 Å². The Morgan fingerprint density at radius 1 is 1.48 bits per heavy atom. The molecule has 25 heavy (non-hydrogen) atoms. The molecule has 9 heteroatoms. The molecule has 0 spiro atoms. The van der Waals surface area contributed by atoms with Crippen LogP contribution in [0, 0.1) is 6.92 Å². The molecule has 1 aromatic heterocycles. The van der Waals surface area contributed by atoms with Crippen molar-refractivity contribution in [2.24, 2.45) is 4.99 Å². The molecule has 0 atom stereocenters. The molecule has 1 heterocycles. The predicted molar refractivity (Wildman–Crippen MR) is 85.9 cm³/mol. The summed E-state index contributed by atoms with van der Waals surface area (Å²) in [6.07, 6.45) is 0.830. The SMILES string of the molecule is C=C(/C=N\C(OC(F)F)=C(/C)F)C(=O)NCc1nc(C)ccc1OC. The number of aryl methyl sites for hydroxylation is 1. The van der Waals surface area contributed by atoms with Gasteiger partial charge >= 0.3 is 6.61 Å². The molecule has 1 aromatic rings. The van der Waals surface area contributed by atoms with E-state index in [-0.39, 0.29) is 12.1 Å². The first-order valence-electron chi connectivity index (χ1n) is 7.07. The molecule has 0 unspecified atom stereocenters. The number of pyridine rings is 1. The van der Waals surface area contributed by atoms with Crippen molar-refractivity contribution < 1.29 is 27.4 Å². The van der Waals surface area contributed by atoms with Gasteiger partial charge in [-0.05, 0) is 26.0 Å². The second-order valence-corrected chi connectivity index (χ2v) is 4.78. The summed E-state index contributed by atoms with van der Waals surface area (Å²) < 4.78 is 46.3. The van der Waals surface area contributed by atoms with Gasteiger partial charge in [0, 0.05) is 11.9 Å². The fourth-order valence-electron chi connectivity index (χ4n) is 1.67. The van der Waals surface area contributed by atoms with E-state index in [0.717, 1.165) is 18.8 Å². The summed E-state index contributed by atoms with van der Waals surface area (Å²) in [6.45, 7) is 2.93. The van der Waals surface area contributed by atoms with Crippen LogP contribution in [0.1, 0.15) is 18.3 Å². The number of allylic oxidation sites excluding steroid dienone is 1. The Balaban J connectivity index is 2.72. The number of halogens is 3. The van der Waals surface area contributed by atoms with Gasteiger partial charge in [0.25, 0.3) is 5.91 Å². The minimum absolute atomic E-state index is 0.0505. The second kappa shape index (κ2) is 9.45. The Morgan fingerprint density at radius 3 is 2.72 bits per heavy atom. The molecular weight excluding hydrogens is 339 g/mol. The van der Waals surface area contributed by atoms with E-state index in [1.165, 1.54) is 7.11 Å². The zero-order valence-electron chi connectivity index (χ0n) is 14.0. The molecule has 1 rings (SSSR count). The van der Waals surface area contributed by atoms with E-state index >= 15 is 0 Å². The van der Waals surface area contributed by atoms with Crippen molar-refractivity contribution in [3.8, 4) is 5.75 Å². The third kappa shape index (κ3) is 6.66. The van der Waals surface area contributed by atoms with Gasteiger partial charge in [0.1, 0.15) is 11.4 Å². The maximum atomic E-state index is 13.0. The minimum atomic E-state index is -3.24. The third-order valence-corrected chi connectivity index (χ3v) is 2.83. The Bertz CT molecular complexity index is 699. The quantitative estimate of drug-likeness (QED) is 0.441. The van der Waals surface area contributed by atoms with Gasteiger partial charge in [-0.3, -0.25) is 9.78 Å². The lowest BCUT2D eigenvalue weighted by molar-refractivity contribution is -0.117. The largest absolute Gasteiger partial charge is 0.495 e. The smallest absolute Gasteiger partial charge is 0.388 e. The number of alkyl halides is 2. The molecule has 0 radical (unpaired) electrons. The lowest BCUT2D eigenvalue weighted by Gasteiger charge is -2.10. The van der Waals surface area contributed by atoms with Gasteiger partial charge in [0.2, 0.25) is 5.88 Å². The lowest BCUT2D eigenvalue weighted by atomic mass is 10.2. The molecule has 6 nitrogen and oxygen atoms in total. The van der Waals surface area contributed by atoms with Crippen LogP contribution >= 0.6 is 0 Å². The van der Waals surface area contributed by atoms with Crippen LogP contribution in [0.25, 0.3) is 0 Å². The Kier molecular flexibility index (Phi) is 7.64. The van der Waals surface area contributed by atoms with Gasteiger partial charge in [0.05, 0.1) is 19.2 Å². The first-order valence-corrected chi connectivity index (χ1v) is 7.07. The van der Waals surface area contributed by atoms with Crippen LogP contribution in [0.2, 0.25) is 0 Å². The van der Waals surface area contributed by atoms with Crippen molar-refractivity contribution in [1.29, 1.82) is 0 Å². The van der Waals surface area contributed by atoms with Crippen molar-refractivity contribution >= 4 is 12.1 Å². The summed E-state index contributed by atoms with van der Waals surface area (Å²) >= 11 is 0. The molecule has 0 saturated carbocycles. The fourth-order valence-corrected chi connectivity index (χ4v) is 1.67. The minimum Gasteiger partial charge on any atom is -0.495 e. The molecule has 0 aliphatic carbocycles. The van der Waals surface area contributed by atoms with Crippen LogP contribution in [0.3, 0.4) is 0 Å². The van der Waals surface area contributed by atoms with E-state index in [4.69, 9.17) is 4.74 Å². The summed E-state index contributed by atoms with van der Waals surface area (Å²) in [5.41, 5.74) is 1.06. The number of aliphatic imine (C=N–C) groups is 1. The van der Waals surface area contributed by atoms with Crippen LogP contribution in [0.4, 0.5) is 13.2 Å². The summed E-state index contributed by atoms with van der Waals surface area (Å²) in [4.78, 5) is 19.5. The monoisotopic (exact) mass is 357 g/mol. The second-order valence-electron chi connectivity index (χ2n) is 4.78. The maximum Gasteiger partial charge on any atom is 0.388 e. The van der Waals surface area contributed by atoms with Crippen molar-refractivity contribution in [3.05, 3.63) is 47.4 Å². The number of amides is 1. The van der Waals surface area contributed by atoms with Crippen molar-refractivity contribution in [1.82, 2.24) is 10.3 Å². The number of hydrogen-bond donors (Lipinski definition) is 1. The summed E-state index contributed by atoms with van der Waals surface area (Å²) in [5, 5.41) is 2.52. The van der Waals surface area contributed by atoms with Gasteiger partial charge in [-0.2, -0.15) is 8.78 Å². The Morgan fingerprint density at radius 2 is 2.16 bits per heavy atom. The highest BCUT2D eigenvalue weighted by Gasteiger charge is 2.12. The molecule has 1 N–H and O–H groups in total. The van der Waals surface area contributed by atoms with Crippen LogP contribution in [0.5, 0.6) is 5.75 Å². The van der Waals surface area contributed by atoms with Crippen molar-refractivity contribution in [3.63, 3.8) is 0 Å². The van der Waals surface area contributed by atoms with E-state index in [9.17, 15) is 18.0 Å². The topological polar surface area (TPSA) is 72.8 Å². The van der Waals surface area contributed by atoms with Crippen LogP contribution in [0.15, 0.2) is 41.0 Å². The molecule has 0 saturated heterocycles. The van der Waals surface area contributed by atoms with Crippen molar-refractivity contribution in [2.75, 3.05) is 7.11 Å².